The smallest absolute Gasteiger partial charge is 0.266 e. The monoisotopic (exact) mass is 265 g/mol. The molecule has 1 aromatic heterocycles. The van der Waals surface area contributed by atoms with Crippen LogP contribution in [0.5, 0.6) is 0 Å². The predicted octanol–water partition coefficient (Wildman–Crippen LogP) is 1.64. The molecule has 0 bridgehead atoms. The van der Waals surface area contributed by atoms with Gasteiger partial charge in [0.05, 0.1) is 5.69 Å². The van der Waals surface area contributed by atoms with Crippen LogP contribution >= 0.6 is 11.3 Å². The van der Waals surface area contributed by atoms with Crippen LogP contribution in [0.3, 0.4) is 0 Å². The van der Waals surface area contributed by atoms with Crippen molar-refractivity contribution in [2.24, 2.45) is 0 Å². The Balaban J connectivity index is 1.65. The number of nitrogens with zero attached hydrogens (tertiary/aromatic N) is 2. The summed E-state index contributed by atoms with van der Waals surface area (Å²) >= 11 is 1.45. The number of likely N-dealkylation sites (tertiary alicyclic amines) is 2. The molecule has 5 heteroatoms. The van der Waals surface area contributed by atoms with Gasteiger partial charge in [0.25, 0.3) is 5.91 Å². The summed E-state index contributed by atoms with van der Waals surface area (Å²) in [6, 6.07) is 2.38. The maximum atomic E-state index is 12.3. The highest BCUT2D eigenvalue weighted by Crippen LogP contribution is 2.25. The molecule has 0 radical (unpaired) electrons. The van der Waals surface area contributed by atoms with Crippen molar-refractivity contribution in [3.8, 4) is 0 Å². The molecule has 0 aliphatic carbocycles. The van der Waals surface area contributed by atoms with Gasteiger partial charge in [-0.2, -0.15) is 0 Å². The Labute approximate surface area is 111 Å². The molecule has 0 spiro atoms. The van der Waals surface area contributed by atoms with Crippen molar-refractivity contribution in [3.63, 3.8) is 0 Å². The topological polar surface area (TPSA) is 49.6 Å². The summed E-state index contributed by atoms with van der Waals surface area (Å²) in [7, 11) is 0. The molecular formula is C13H19N3OS. The third kappa shape index (κ3) is 2.12. The zero-order valence-corrected chi connectivity index (χ0v) is 11.3. The number of thiophene rings is 1. The lowest BCUT2D eigenvalue weighted by atomic mass is 10.2. The number of carbonyl (C=O) groups excluding carboxylic acids is 1. The normalized spacial score (nSPS) is 24.9. The van der Waals surface area contributed by atoms with Crippen LogP contribution < -0.4 is 5.73 Å². The molecular weight excluding hydrogens is 246 g/mol. The van der Waals surface area contributed by atoms with E-state index in [1.165, 1.54) is 37.3 Å². The zero-order chi connectivity index (χ0) is 12.5. The summed E-state index contributed by atoms with van der Waals surface area (Å²) < 4.78 is 0. The number of hydrogen-bond donors (Lipinski definition) is 1. The third-order valence-electron chi connectivity index (χ3n) is 4.00. The van der Waals surface area contributed by atoms with Gasteiger partial charge in [-0.3, -0.25) is 9.69 Å². The Morgan fingerprint density at radius 2 is 2.11 bits per heavy atom. The van der Waals surface area contributed by atoms with Gasteiger partial charge in [0.1, 0.15) is 4.88 Å². The molecule has 1 amide bonds. The van der Waals surface area contributed by atoms with Gasteiger partial charge >= 0.3 is 0 Å². The highest BCUT2D eigenvalue weighted by Gasteiger charge is 2.32. The van der Waals surface area contributed by atoms with Gasteiger partial charge in [0, 0.05) is 19.1 Å². The second-order valence-corrected chi connectivity index (χ2v) is 6.06. The van der Waals surface area contributed by atoms with E-state index in [2.05, 4.69) is 4.90 Å². The second kappa shape index (κ2) is 4.90. The first-order valence-electron chi connectivity index (χ1n) is 6.62. The summed E-state index contributed by atoms with van der Waals surface area (Å²) in [5.74, 6) is 0.115. The molecule has 18 heavy (non-hydrogen) atoms. The van der Waals surface area contributed by atoms with Crippen LogP contribution in [-0.2, 0) is 0 Å². The van der Waals surface area contributed by atoms with Gasteiger partial charge in [-0.05, 0) is 43.8 Å². The summed E-state index contributed by atoms with van der Waals surface area (Å²) in [5, 5.41) is 1.89. The lowest BCUT2D eigenvalue weighted by Gasteiger charge is -2.23. The quantitative estimate of drug-likeness (QED) is 0.884. The first-order valence-corrected chi connectivity index (χ1v) is 7.50. The third-order valence-corrected chi connectivity index (χ3v) is 4.92. The molecule has 1 unspecified atom stereocenters. The lowest BCUT2D eigenvalue weighted by molar-refractivity contribution is 0.0786. The molecule has 1 atom stereocenters. The van der Waals surface area contributed by atoms with Crippen molar-refractivity contribution in [1.82, 2.24) is 9.80 Å². The van der Waals surface area contributed by atoms with Gasteiger partial charge in [0.2, 0.25) is 0 Å². The average Bonchev–Trinajstić information content (AvgIpc) is 3.09. The largest absolute Gasteiger partial charge is 0.397 e. The van der Waals surface area contributed by atoms with Crippen molar-refractivity contribution < 1.29 is 4.79 Å². The molecule has 2 aliphatic rings. The summed E-state index contributed by atoms with van der Waals surface area (Å²) in [5.41, 5.74) is 6.44. The first-order chi connectivity index (χ1) is 8.75. The number of rotatable bonds is 2. The Kier molecular flexibility index (Phi) is 3.26. The number of nitrogens with two attached hydrogens (primary N) is 1. The Morgan fingerprint density at radius 3 is 2.78 bits per heavy atom. The predicted molar refractivity (Wildman–Crippen MR) is 73.8 cm³/mol. The Bertz CT molecular complexity index is 439. The molecule has 2 fully saturated rings. The van der Waals surface area contributed by atoms with Crippen LogP contribution in [0.4, 0.5) is 5.69 Å². The fourth-order valence-electron chi connectivity index (χ4n) is 2.97. The van der Waals surface area contributed by atoms with Crippen LogP contribution in [0, 0.1) is 0 Å². The van der Waals surface area contributed by atoms with E-state index in [-0.39, 0.29) is 5.91 Å². The van der Waals surface area contributed by atoms with Crippen molar-refractivity contribution in [1.29, 1.82) is 0 Å². The minimum Gasteiger partial charge on any atom is -0.397 e. The second-order valence-electron chi connectivity index (χ2n) is 5.14. The molecule has 98 valence electrons. The maximum Gasteiger partial charge on any atom is 0.266 e. The van der Waals surface area contributed by atoms with Gasteiger partial charge in [-0.25, -0.2) is 0 Å². The van der Waals surface area contributed by atoms with E-state index in [9.17, 15) is 4.79 Å². The number of anilines is 1. The number of amides is 1. The van der Waals surface area contributed by atoms with Crippen molar-refractivity contribution in [3.05, 3.63) is 16.3 Å². The molecule has 2 N–H and O–H groups in total. The molecule has 4 nitrogen and oxygen atoms in total. The first kappa shape index (κ1) is 12.0. The van der Waals surface area contributed by atoms with E-state index < -0.39 is 0 Å². The summed E-state index contributed by atoms with van der Waals surface area (Å²) in [6.07, 6.45) is 3.72. The maximum absolute atomic E-state index is 12.3. The zero-order valence-electron chi connectivity index (χ0n) is 10.5. The highest BCUT2D eigenvalue weighted by atomic mass is 32.1. The van der Waals surface area contributed by atoms with E-state index in [0.717, 1.165) is 19.5 Å². The number of hydrogen-bond acceptors (Lipinski definition) is 4. The van der Waals surface area contributed by atoms with Gasteiger partial charge < -0.3 is 10.6 Å². The van der Waals surface area contributed by atoms with Crippen LogP contribution in [0.15, 0.2) is 11.4 Å². The van der Waals surface area contributed by atoms with Crippen molar-refractivity contribution in [2.75, 3.05) is 31.9 Å². The van der Waals surface area contributed by atoms with Crippen LogP contribution in [0.25, 0.3) is 0 Å². The van der Waals surface area contributed by atoms with Gasteiger partial charge in [0.15, 0.2) is 0 Å². The van der Waals surface area contributed by atoms with Crippen LogP contribution in [0.2, 0.25) is 0 Å². The molecule has 0 aromatic carbocycles. The molecule has 0 saturated carbocycles. The lowest BCUT2D eigenvalue weighted by Crippen LogP contribution is -2.37. The highest BCUT2D eigenvalue weighted by molar-refractivity contribution is 7.12. The summed E-state index contributed by atoms with van der Waals surface area (Å²) in [6.45, 7) is 4.15. The molecule has 1 aromatic rings. The van der Waals surface area contributed by atoms with Gasteiger partial charge in [-0.1, -0.05) is 0 Å². The van der Waals surface area contributed by atoms with Crippen molar-refractivity contribution >= 4 is 22.9 Å². The van der Waals surface area contributed by atoms with E-state index in [1.807, 2.05) is 16.3 Å². The molecule has 2 aliphatic heterocycles. The molecule has 3 rings (SSSR count). The minimum absolute atomic E-state index is 0.115. The van der Waals surface area contributed by atoms with Crippen LogP contribution in [-0.4, -0.2) is 47.9 Å². The van der Waals surface area contributed by atoms with E-state index >= 15 is 0 Å². The van der Waals surface area contributed by atoms with Crippen molar-refractivity contribution in [2.45, 2.75) is 25.3 Å². The average molecular weight is 265 g/mol. The molecule has 2 saturated heterocycles. The Hall–Kier alpha value is -1.07. The van der Waals surface area contributed by atoms with E-state index in [0.29, 0.717) is 16.6 Å². The van der Waals surface area contributed by atoms with Gasteiger partial charge in [-0.15, -0.1) is 11.3 Å². The number of carbonyl (C=O) groups is 1. The number of nitrogen functional groups attached to an aromatic ring is 1. The fraction of sp³-hybridized carbons (Fsp3) is 0.615. The van der Waals surface area contributed by atoms with E-state index in [4.69, 9.17) is 5.73 Å². The van der Waals surface area contributed by atoms with Crippen LogP contribution in [0.1, 0.15) is 28.9 Å². The standard InChI is InChI=1S/C13H19N3OS/c14-11-4-8-18-12(11)13(17)16-7-3-10(9-16)15-5-1-2-6-15/h4,8,10H,1-3,5-7,9,14H2. The minimum atomic E-state index is 0.115. The SMILES string of the molecule is Nc1ccsc1C(=O)N1CCC(N2CCCC2)C1. The summed E-state index contributed by atoms with van der Waals surface area (Å²) in [4.78, 5) is 17.5. The van der Waals surface area contributed by atoms with E-state index in [1.54, 1.807) is 0 Å². The molecule has 3 heterocycles. The fourth-order valence-corrected chi connectivity index (χ4v) is 3.75. The Morgan fingerprint density at radius 1 is 1.33 bits per heavy atom.